The molecule has 6 nitrogen and oxygen atoms in total. The molecule has 0 aliphatic carbocycles. The Labute approximate surface area is 132 Å². The van der Waals surface area contributed by atoms with Gasteiger partial charge in [-0.25, -0.2) is 13.8 Å². The second-order valence-corrected chi connectivity index (χ2v) is 5.74. The van der Waals surface area contributed by atoms with Crippen molar-refractivity contribution in [3.8, 4) is 5.69 Å². The van der Waals surface area contributed by atoms with Crippen molar-refractivity contribution in [1.29, 1.82) is 0 Å². The molecule has 1 atom stereocenters. The van der Waals surface area contributed by atoms with E-state index in [0.717, 1.165) is 6.42 Å². The standard InChI is InChI=1S/C16H19FN4O2/c1-3-10(2)20-8-13-14(18-9-20)21(16(23)19-15(13)22)12-6-4-11(17)5-7-12/h4-7,10,18H,3,8-9H2,1-2H3,(H,19,22,23)/t10-/m1/s1. The first-order chi connectivity index (χ1) is 11.0. The summed E-state index contributed by atoms with van der Waals surface area (Å²) in [5, 5.41) is 3.17. The molecule has 0 radical (unpaired) electrons. The lowest BCUT2D eigenvalue weighted by Gasteiger charge is -2.34. The predicted octanol–water partition coefficient (Wildman–Crippen LogP) is 1.65. The van der Waals surface area contributed by atoms with Crippen LogP contribution in [-0.4, -0.2) is 27.2 Å². The summed E-state index contributed by atoms with van der Waals surface area (Å²) in [6.45, 7) is 5.20. The molecule has 0 fully saturated rings. The van der Waals surface area contributed by atoms with Gasteiger partial charge in [0.15, 0.2) is 0 Å². The van der Waals surface area contributed by atoms with Gasteiger partial charge in [0.1, 0.15) is 11.6 Å². The van der Waals surface area contributed by atoms with Crippen molar-refractivity contribution in [2.45, 2.75) is 32.9 Å². The highest BCUT2D eigenvalue weighted by Gasteiger charge is 2.25. The third kappa shape index (κ3) is 2.79. The van der Waals surface area contributed by atoms with Crippen LogP contribution in [0.15, 0.2) is 33.9 Å². The SMILES string of the molecule is CC[C@@H](C)N1CNc2c(c(=O)[nH]c(=O)n2-c2ccc(F)cc2)C1. The quantitative estimate of drug-likeness (QED) is 0.903. The lowest BCUT2D eigenvalue weighted by molar-refractivity contribution is 0.200. The van der Waals surface area contributed by atoms with Crippen LogP contribution in [0.4, 0.5) is 10.2 Å². The molecule has 122 valence electrons. The maximum atomic E-state index is 13.1. The lowest BCUT2D eigenvalue weighted by atomic mass is 10.1. The van der Waals surface area contributed by atoms with Crippen LogP contribution < -0.4 is 16.6 Å². The molecule has 0 spiro atoms. The van der Waals surface area contributed by atoms with Gasteiger partial charge in [0.05, 0.1) is 17.9 Å². The van der Waals surface area contributed by atoms with Gasteiger partial charge in [-0.2, -0.15) is 0 Å². The minimum Gasteiger partial charge on any atom is -0.358 e. The van der Waals surface area contributed by atoms with Crippen LogP contribution in [0.25, 0.3) is 5.69 Å². The Morgan fingerprint density at radius 3 is 2.61 bits per heavy atom. The van der Waals surface area contributed by atoms with Crippen LogP contribution in [0.3, 0.4) is 0 Å². The Hall–Kier alpha value is -2.41. The molecule has 2 heterocycles. The summed E-state index contributed by atoms with van der Waals surface area (Å²) in [5.74, 6) is 0.0981. The van der Waals surface area contributed by atoms with E-state index in [1.165, 1.54) is 28.8 Å². The number of fused-ring (bicyclic) bond motifs is 1. The molecule has 3 rings (SSSR count). The van der Waals surface area contributed by atoms with E-state index in [1.54, 1.807) is 0 Å². The molecule has 0 unspecified atom stereocenters. The lowest BCUT2D eigenvalue weighted by Crippen LogP contribution is -2.45. The second-order valence-electron chi connectivity index (χ2n) is 5.74. The van der Waals surface area contributed by atoms with Gasteiger partial charge in [0.25, 0.3) is 5.56 Å². The normalized spacial score (nSPS) is 15.8. The van der Waals surface area contributed by atoms with E-state index < -0.39 is 5.69 Å². The molecule has 1 aliphatic rings. The summed E-state index contributed by atoms with van der Waals surface area (Å²) in [7, 11) is 0. The number of halogens is 1. The molecule has 23 heavy (non-hydrogen) atoms. The Bertz CT molecular complexity index is 825. The first-order valence-corrected chi connectivity index (χ1v) is 7.63. The van der Waals surface area contributed by atoms with Crippen LogP contribution in [0, 0.1) is 5.82 Å². The van der Waals surface area contributed by atoms with Gasteiger partial charge < -0.3 is 5.32 Å². The first-order valence-electron chi connectivity index (χ1n) is 7.63. The zero-order valence-corrected chi connectivity index (χ0v) is 13.1. The number of anilines is 1. The smallest absolute Gasteiger partial charge is 0.334 e. The van der Waals surface area contributed by atoms with Crippen molar-refractivity contribution in [3.05, 3.63) is 56.5 Å². The maximum Gasteiger partial charge on any atom is 0.334 e. The minimum absolute atomic E-state index is 0.321. The number of rotatable bonds is 3. The molecular weight excluding hydrogens is 299 g/mol. The molecule has 7 heteroatoms. The van der Waals surface area contributed by atoms with Gasteiger partial charge >= 0.3 is 5.69 Å². The van der Waals surface area contributed by atoms with E-state index in [4.69, 9.17) is 0 Å². The number of hydrogen-bond donors (Lipinski definition) is 2. The average molecular weight is 318 g/mol. The minimum atomic E-state index is -0.537. The largest absolute Gasteiger partial charge is 0.358 e. The first kappa shape index (κ1) is 15.5. The zero-order chi connectivity index (χ0) is 16.6. The van der Waals surface area contributed by atoms with Gasteiger partial charge in [-0.15, -0.1) is 0 Å². The Balaban J connectivity index is 2.12. The fraction of sp³-hybridized carbons (Fsp3) is 0.375. The highest BCUT2D eigenvalue weighted by Crippen LogP contribution is 2.22. The van der Waals surface area contributed by atoms with Crippen molar-refractivity contribution in [1.82, 2.24) is 14.5 Å². The van der Waals surface area contributed by atoms with Crippen molar-refractivity contribution in [2.75, 3.05) is 12.0 Å². The number of aromatic nitrogens is 2. The van der Waals surface area contributed by atoms with Crippen molar-refractivity contribution >= 4 is 5.82 Å². The number of hydrogen-bond acceptors (Lipinski definition) is 4. The van der Waals surface area contributed by atoms with E-state index in [-0.39, 0.29) is 11.4 Å². The number of aromatic amines is 1. The van der Waals surface area contributed by atoms with E-state index in [1.807, 2.05) is 0 Å². The van der Waals surface area contributed by atoms with E-state index >= 15 is 0 Å². The number of benzene rings is 1. The maximum absolute atomic E-state index is 13.1. The molecule has 1 aliphatic heterocycles. The number of H-pyrrole nitrogens is 1. The van der Waals surface area contributed by atoms with Crippen molar-refractivity contribution < 1.29 is 4.39 Å². The Morgan fingerprint density at radius 2 is 1.96 bits per heavy atom. The summed E-state index contributed by atoms with van der Waals surface area (Å²) < 4.78 is 14.5. The second kappa shape index (κ2) is 6.00. The average Bonchev–Trinajstić information content (AvgIpc) is 2.55. The van der Waals surface area contributed by atoms with E-state index in [2.05, 4.69) is 29.0 Å². The molecule has 1 aromatic heterocycles. The third-order valence-corrected chi connectivity index (χ3v) is 4.32. The van der Waals surface area contributed by atoms with E-state index in [9.17, 15) is 14.0 Å². The summed E-state index contributed by atoms with van der Waals surface area (Å²) >= 11 is 0. The molecular formula is C16H19FN4O2. The fourth-order valence-electron chi connectivity index (χ4n) is 2.75. The van der Waals surface area contributed by atoms with Gasteiger partial charge in [0, 0.05) is 12.6 Å². The molecule has 0 bridgehead atoms. The molecule has 1 aromatic carbocycles. The molecule has 2 aromatic rings. The number of nitrogens with one attached hydrogen (secondary N) is 2. The monoisotopic (exact) mass is 318 g/mol. The van der Waals surface area contributed by atoms with E-state index in [0.29, 0.717) is 36.3 Å². The summed E-state index contributed by atoms with van der Waals surface area (Å²) in [6.07, 6.45) is 0.965. The van der Waals surface area contributed by atoms with Crippen LogP contribution in [0.5, 0.6) is 0 Å². The Kier molecular flexibility index (Phi) is 4.04. The molecule has 2 N–H and O–H groups in total. The highest BCUT2D eigenvalue weighted by atomic mass is 19.1. The summed E-state index contributed by atoms with van der Waals surface area (Å²) in [4.78, 5) is 28.9. The molecule has 0 amide bonds. The van der Waals surface area contributed by atoms with Gasteiger partial charge in [-0.1, -0.05) is 6.92 Å². The summed E-state index contributed by atoms with van der Waals surface area (Å²) in [6, 6.07) is 5.92. The van der Waals surface area contributed by atoms with Gasteiger partial charge in [0.2, 0.25) is 0 Å². The van der Waals surface area contributed by atoms with Crippen molar-refractivity contribution in [2.24, 2.45) is 0 Å². The zero-order valence-electron chi connectivity index (χ0n) is 13.1. The molecule has 0 saturated carbocycles. The van der Waals surface area contributed by atoms with Crippen LogP contribution >= 0.6 is 0 Å². The number of nitrogens with zero attached hydrogens (tertiary/aromatic N) is 2. The molecule has 0 saturated heterocycles. The van der Waals surface area contributed by atoms with Crippen molar-refractivity contribution in [3.63, 3.8) is 0 Å². The van der Waals surface area contributed by atoms with Crippen LogP contribution in [0.1, 0.15) is 25.8 Å². The third-order valence-electron chi connectivity index (χ3n) is 4.32. The Morgan fingerprint density at radius 1 is 1.26 bits per heavy atom. The predicted molar refractivity (Wildman–Crippen MR) is 86.4 cm³/mol. The topological polar surface area (TPSA) is 70.1 Å². The van der Waals surface area contributed by atoms with Gasteiger partial charge in [-0.3, -0.25) is 14.7 Å². The summed E-state index contributed by atoms with van der Waals surface area (Å²) in [5.41, 5.74) is 0.0996. The highest BCUT2D eigenvalue weighted by molar-refractivity contribution is 5.51. The van der Waals surface area contributed by atoms with Crippen LogP contribution in [0.2, 0.25) is 0 Å². The van der Waals surface area contributed by atoms with Gasteiger partial charge in [-0.05, 0) is 37.6 Å². The van der Waals surface area contributed by atoms with Crippen LogP contribution in [-0.2, 0) is 6.54 Å². The fourth-order valence-corrected chi connectivity index (χ4v) is 2.75.